The van der Waals surface area contributed by atoms with Crippen molar-refractivity contribution in [3.05, 3.63) is 69.9 Å². The molecule has 4 rings (SSSR count). The van der Waals surface area contributed by atoms with Crippen LogP contribution in [0.15, 0.2) is 48.5 Å². The molecule has 9 nitrogen and oxygen atoms in total. The van der Waals surface area contributed by atoms with Gasteiger partial charge in [-0.25, -0.2) is 9.37 Å². The SMILES string of the molecule is CN1C(C(=O)Nc2ccc(F)c(Cl)c2)CC(C(=O)NCc2sc(-c3ccccc3)nc2C(F)(F)F)NS1(=O)=O. The minimum atomic E-state index is -4.79. The number of halogens is 5. The van der Waals surface area contributed by atoms with Crippen LogP contribution in [-0.4, -0.2) is 48.7 Å². The summed E-state index contributed by atoms with van der Waals surface area (Å²) in [6, 6.07) is 8.72. The first-order valence-corrected chi connectivity index (χ1v) is 13.8. The van der Waals surface area contributed by atoms with E-state index in [9.17, 15) is 35.6 Å². The van der Waals surface area contributed by atoms with E-state index < -0.39 is 58.3 Å². The third-order valence-corrected chi connectivity index (χ3v) is 8.77. The maximum atomic E-state index is 13.6. The molecule has 2 heterocycles. The molecular formula is C23H20ClF4N5O4S2. The van der Waals surface area contributed by atoms with Gasteiger partial charge in [-0.1, -0.05) is 41.9 Å². The van der Waals surface area contributed by atoms with Gasteiger partial charge in [-0.05, 0) is 24.6 Å². The Morgan fingerprint density at radius 3 is 2.51 bits per heavy atom. The Morgan fingerprint density at radius 2 is 1.87 bits per heavy atom. The zero-order valence-electron chi connectivity index (χ0n) is 19.9. The Bertz CT molecular complexity index is 1500. The smallest absolute Gasteiger partial charge is 0.350 e. The molecule has 0 spiro atoms. The molecule has 0 radical (unpaired) electrons. The number of thiazole rings is 1. The first-order chi connectivity index (χ1) is 18.3. The summed E-state index contributed by atoms with van der Waals surface area (Å²) < 4.78 is 82.4. The number of amides is 2. The monoisotopic (exact) mass is 605 g/mol. The lowest BCUT2D eigenvalue weighted by Crippen LogP contribution is -2.62. The first kappa shape index (κ1) is 28.9. The van der Waals surface area contributed by atoms with E-state index in [-0.39, 0.29) is 27.0 Å². The van der Waals surface area contributed by atoms with Crippen LogP contribution in [0.1, 0.15) is 17.0 Å². The fourth-order valence-corrected chi connectivity index (χ4v) is 6.22. The van der Waals surface area contributed by atoms with Gasteiger partial charge in [-0.3, -0.25) is 9.59 Å². The normalized spacial score (nSPS) is 19.4. The Morgan fingerprint density at radius 1 is 1.18 bits per heavy atom. The molecule has 3 N–H and O–H groups in total. The van der Waals surface area contributed by atoms with E-state index in [1.807, 2.05) is 0 Å². The number of aromatic nitrogens is 1. The van der Waals surface area contributed by atoms with Crippen LogP contribution >= 0.6 is 22.9 Å². The molecule has 208 valence electrons. The standard InChI is InChI=1S/C23H20ClF4N5O4S2/c1-33-17(21(35)30-13-7-8-15(25)14(24)9-13)10-16(32-39(33,36)37)20(34)29-11-18-19(23(26,27)28)31-22(38-18)12-5-3-2-4-6-12/h2-9,16-17,32H,10-11H2,1H3,(H,29,34)(H,30,35). The van der Waals surface area contributed by atoms with E-state index in [0.717, 1.165) is 30.5 Å². The molecule has 1 aromatic heterocycles. The molecule has 2 unspecified atom stereocenters. The van der Waals surface area contributed by atoms with E-state index in [2.05, 4.69) is 20.3 Å². The maximum Gasteiger partial charge on any atom is 0.434 e. The highest BCUT2D eigenvalue weighted by Gasteiger charge is 2.43. The van der Waals surface area contributed by atoms with E-state index in [4.69, 9.17) is 11.6 Å². The van der Waals surface area contributed by atoms with Gasteiger partial charge in [-0.2, -0.15) is 30.6 Å². The Balaban J connectivity index is 1.50. The molecule has 1 saturated heterocycles. The number of likely N-dealkylation sites (N-methyl/N-ethyl adjacent to an activating group) is 1. The molecule has 2 amide bonds. The second-order valence-electron chi connectivity index (χ2n) is 8.43. The van der Waals surface area contributed by atoms with Crippen LogP contribution in [0, 0.1) is 5.82 Å². The number of hydrogen-bond donors (Lipinski definition) is 3. The molecule has 0 bridgehead atoms. The van der Waals surface area contributed by atoms with Gasteiger partial charge in [0.1, 0.15) is 22.9 Å². The number of nitrogens with one attached hydrogen (secondary N) is 3. The number of nitrogens with zero attached hydrogens (tertiary/aromatic N) is 2. The zero-order chi connectivity index (χ0) is 28.5. The van der Waals surface area contributed by atoms with E-state index >= 15 is 0 Å². The molecule has 2 atom stereocenters. The summed E-state index contributed by atoms with van der Waals surface area (Å²) >= 11 is 6.46. The third kappa shape index (κ3) is 6.55. The number of carbonyl (C=O) groups excluding carboxylic acids is 2. The second kappa shape index (κ2) is 11.2. The summed E-state index contributed by atoms with van der Waals surface area (Å²) in [7, 11) is -3.20. The van der Waals surface area contributed by atoms with Gasteiger partial charge in [-0.15, -0.1) is 11.3 Å². The average Bonchev–Trinajstić information content (AvgIpc) is 3.32. The summed E-state index contributed by atoms with van der Waals surface area (Å²) in [4.78, 5) is 29.2. The van der Waals surface area contributed by atoms with Gasteiger partial charge in [0, 0.05) is 18.3 Å². The maximum absolute atomic E-state index is 13.6. The molecule has 1 aliphatic heterocycles. The van der Waals surface area contributed by atoms with Gasteiger partial charge < -0.3 is 10.6 Å². The van der Waals surface area contributed by atoms with Crippen molar-refractivity contribution in [2.24, 2.45) is 0 Å². The molecule has 0 saturated carbocycles. The minimum absolute atomic E-state index is 0.0934. The van der Waals surface area contributed by atoms with Gasteiger partial charge in [0.15, 0.2) is 5.69 Å². The van der Waals surface area contributed by atoms with Gasteiger partial charge >= 0.3 is 6.18 Å². The molecule has 1 fully saturated rings. The van der Waals surface area contributed by atoms with Crippen LogP contribution in [0.3, 0.4) is 0 Å². The lowest BCUT2D eigenvalue weighted by atomic mass is 10.1. The van der Waals surface area contributed by atoms with Crippen molar-refractivity contribution in [3.8, 4) is 10.6 Å². The van der Waals surface area contributed by atoms with Crippen molar-refractivity contribution in [1.29, 1.82) is 0 Å². The van der Waals surface area contributed by atoms with Crippen LogP contribution in [-0.2, 0) is 32.5 Å². The molecular weight excluding hydrogens is 586 g/mol. The van der Waals surface area contributed by atoms with Gasteiger partial charge in [0.2, 0.25) is 11.8 Å². The summed E-state index contributed by atoms with van der Waals surface area (Å²) in [5.41, 5.74) is -0.605. The molecule has 39 heavy (non-hydrogen) atoms. The number of alkyl halides is 3. The predicted octanol–water partition coefficient (Wildman–Crippen LogP) is 3.78. The average molecular weight is 606 g/mol. The number of hydrogen-bond acceptors (Lipinski definition) is 6. The van der Waals surface area contributed by atoms with Crippen molar-refractivity contribution < 1.29 is 35.6 Å². The first-order valence-electron chi connectivity index (χ1n) is 11.2. The van der Waals surface area contributed by atoms with Crippen LogP contribution in [0.2, 0.25) is 5.02 Å². The van der Waals surface area contributed by atoms with Gasteiger partial charge in [0.25, 0.3) is 10.2 Å². The lowest BCUT2D eigenvalue weighted by molar-refractivity contribution is -0.141. The highest BCUT2D eigenvalue weighted by atomic mass is 35.5. The predicted molar refractivity (Wildman–Crippen MR) is 136 cm³/mol. The summed E-state index contributed by atoms with van der Waals surface area (Å²) in [5, 5.41) is 4.57. The highest BCUT2D eigenvalue weighted by Crippen LogP contribution is 2.37. The number of benzene rings is 2. The number of anilines is 1. The largest absolute Gasteiger partial charge is 0.434 e. The second-order valence-corrected chi connectivity index (χ2v) is 11.7. The Kier molecular flexibility index (Phi) is 8.28. The van der Waals surface area contributed by atoms with Crippen molar-refractivity contribution >= 4 is 50.6 Å². The van der Waals surface area contributed by atoms with Crippen LogP contribution < -0.4 is 15.4 Å². The van der Waals surface area contributed by atoms with Crippen molar-refractivity contribution in [2.45, 2.75) is 31.2 Å². The minimum Gasteiger partial charge on any atom is -0.350 e. The fraction of sp³-hybridized carbons (Fsp3) is 0.261. The highest BCUT2D eigenvalue weighted by molar-refractivity contribution is 7.87. The molecule has 1 aliphatic rings. The zero-order valence-corrected chi connectivity index (χ0v) is 22.3. The third-order valence-electron chi connectivity index (χ3n) is 5.78. The van der Waals surface area contributed by atoms with Crippen molar-refractivity contribution in [2.75, 3.05) is 12.4 Å². The van der Waals surface area contributed by atoms with Crippen molar-refractivity contribution in [3.63, 3.8) is 0 Å². The van der Waals surface area contributed by atoms with E-state index in [1.165, 1.54) is 6.07 Å². The lowest BCUT2D eigenvalue weighted by Gasteiger charge is -2.35. The molecule has 16 heteroatoms. The summed E-state index contributed by atoms with van der Waals surface area (Å²) in [6.45, 7) is -0.572. The number of carbonyl (C=O) groups is 2. The van der Waals surface area contributed by atoms with Crippen LogP contribution in [0.4, 0.5) is 23.2 Å². The molecule has 0 aliphatic carbocycles. The fourth-order valence-electron chi connectivity index (χ4n) is 3.77. The van der Waals surface area contributed by atoms with Crippen LogP contribution in [0.25, 0.3) is 10.6 Å². The summed E-state index contributed by atoms with van der Waals surface area (Å²) in [5.74, 6) is -2.48. The van der Waals surface area contributed by atoms with Gasteiger partial charge in [0.05, 0.1) is 16.4 Å². The van der Waals surface area contributed by atoms with E-state index in [0.29, 0.717) is 9.87 Å². The van der Waals surface area contributed by atoms with Crippen molar-refractivity contribution in [1.82, 2.24) is 19.3 Å². The number of rotatable bonds is 6. The Labute approximate surface area is 229 Å². The quantitative estimate of drug-likeness (QED) is 0.370. The summed E-state index contributed by atoms with van der Waals surface area (Å²) in [6.07, 6.45) is -5.13. The van der Waals surface area contributed by atoms with E-state index in [1.54, 1.807) is 30.3 Å². The van der Waals surface area contributed by atoms with Crippen LogP contribution in [0.5, 0.6) is 0 Å². The molecule has 3 aromatic rings. The Hall–Kier alpha value is -3.11. The molecule has 2 aromatic carbocycles. The topological polar surface area (TPSA) is 120 Å².